The Labute approximate surface area is 83.4 Å². The van der Waals surface area contributed by atoms with Crippen LogP contribution >= 0.6 is 11.3 Å². The summed E-state index contributed by atoms with van der Waals surface area (Å²) in [5.74, 6) is 0. The highest BCUT2D eigenvalue weighted by molar-refractivity contribution is 7.10. The Bertz CT molecular complexity index is 282. The molecular formula is C10H16N2S. The number of hydrogen-bond acceptors (Lipinski definition) is 3. The molecule has 1 aromatic heterocycles. The highest BCUT2D eigenvalue weighted by Crippen LogP contribution is 2.19. The van der Waals surface area contributed by atoms with E-state index in [1.54, 1.807) is 0 Å². The molecule has 0 aromatic carbocycles. The summed E-state index contributed by atoms with van der Waals surface area (Å²) in [7, 11) is 0. The maximum absolute atomic E-state index is 5.85. The van der Waals surface area contributed by atoms with E-state index in [0.29, 0.717) is 6.04 Å². The summed E-state index contributed by atoms with van der Waals surface area (Å²) in [5, 5.41) is 2.17. The van der Waals surface area contributed by atoms with Crippen LogP contribution in [-0.2, 0) is 6.54 Å². The van der Waals surface area contributed by atoms with Gasteiger partial charge in [-0.15, -0.1) is 11.3 Å². The molecule has 1 aromatic rings. The van der Waals surface area contributed by atoms with Gasteiger partial charge in [0.1, 0.15) is 0 Å². The first kappa shape index (κ1) is 9.19. The fourth-order valence-electron chi connectivity index (χ4n) is 1.78. The third kappa shape index (κ3) is 2.10. The van der Waals surface area contributed by atoms with Crippen LogP contribution in [0, 0.1) is 6.92 Å². The van der Waals surface area contributed by atoms with E-state index >= 15 is 0 Å². The van der Waals surface area contributed by atoms with Crippen LogP contribution < -0.4 is 5.73 Å². The Hall–Kier alpha value is -0.380. The van der Waals surface area contributed by atoms with Crippen molar-refractivity contribution >= 4 is 11.3 Å². The minimum absolute atomic E-state index is 0.403. The first-order chi connectivity index (χ1) is 6.25. The van der Waals surface area contributed by atoms with Crippen molar-refractivity contribution in [2.45, 2.75) is 25.9 Å². The van der Waals surface area contributed by atoms with Crippen LogP contribution in [0.4, 0.5) is 0 Å². The van der Waals surface area contributed by atoms with Gasteiger partial charge in [0.2, 0.25) is 0 Å². The molecule has 1 fully saturated rings. The Morgan fingerprint density at radius 3 is 3.08 bits per heavy atom. The van der Waals surface area contributed by atoms with E-state index in [-0.39, 0.29) is 0 Å². The van der Waals surface area contributed by atoms with Crippen molar-refractivity contribution in [3.8, 4) is 0 Å². The Morgan fingerprint density at radius 1 is 1.69 bits per heavy atom. The number of likely N-dealkylation sites (tertiary alicyclic amines) is 1. The van der Waals surface area contributed by atoms with Crippen molar-refractivity contribution in [2.24, 2.45) is 5.73 Å². The zero-order chi connectivity index (χ0) is 9.26. The number of thiophene rings is 1. The van der Waals surface area contributed by atoms with Gasteiger partial charge in [-0.05, 0) is 30.4 Å². The number of nitrogens with zero attached hydrogens (tertiary/aromatic N) is 1. The van der Waals surface area contributed by atoms with E-state index in [1.807, 2.05) is 11.3 Å². The minimum atomic E-state index is 0.403. The highest BCUT2D eigenvalue weighted by atomic mass is 32.1. The van der Waals surface area contributed by atoms with E-state index in [4.69, 9.17) is 5.73 Å². The van der Waals surface area contributed by atoms with E-state index in [0.717, 1.165) is 19.5 Å². The van der Waals surface area contributed by atoms with Crippen LogP contribution in [0.2, 0.25) is 0 Å². The monoisotopic (exact) mass is 196 g/mol. The summed E-state index contributed by atoms with van der Waals surface area (Å²) < 4.78 is 0. The first-order valence-corrected chi connectivity index (χ1v) is 5.64. The molecule has 2 nitrogen and oxygen atoms in total. The maximum Gasteiger partial charge on any atom is 0.0331 e. The summed E-state index contributed by atoms with van der Waals surface area (Å²) in [4.78, 5) is 3.94. The molecule has 1 aliphatic heterocycles. The van der Waals surface area contributed by atoms with Gasteiger partial charge in [-0.3, -0.25) is 4.90 Å². The summed E-state index contributed by atoms with van der Waals surface area (Å²) in [5.41, 5.74) is 7.28. The van der Waals surface area contributed by atoms with Gasteiger partial charge in [-0.25, -0.2) is 0 Å². The third-order valence-electron chi connectivity index (χ3n) is 2.64. The quantitative estimate of drug-likeness (QED) is 0.778. The molecule has 72 valence electrons. The second kappa shape index (κ2) is 3.78. The average Bonchev–Trinajstić information content (AvgIpc) is 2.64. The maximum atomic E-state index is 5.85. The van der Waals surface area contributed by atoms with Gasteiger partial charge >= 0.3 is 0 Å². The normalized spacial score (nSPS) is 24.0. The molecule has 2 N–H and O–H groups in total. The van der Waals surface area contributed by atoms with E-state index in [2.05, 4.69) is 23.3 Å². The summed E-state index contributed by atoms with van der Waals surface area (Å²) in [6.45, 7) is 5.51. The molecule has 2 rings (SSSR count). The van der Waals surface area contributed by atoms with Crippen LogP contribution in [0.5, 0.6) is 0 Å². The van der Waals surface area contributed by atoms with Gasteiger partial charge in [0, 0.05) is 30.6 Å². The minimum Gasteiger partial charge on any atom is -0.326 e. The van der Waals surface area contributed by atoms with Crippen LogP contribution in [0.15, 0.2) is 11.4 Å². The van der Waals surface area contributed by atoms with Crippen molar-refractivity contribution in [1.82, 2.24) is 4.90 Å². The van der Waals surface area contributed by atoms with Crippen LogP contribution in [-0.4, -0.2) is 24.0 Å². The standard InChI is InChI=1S/C10H16N2S/c1-8-3-5-13-10(8)7-12-4-2-9(11)6-12/h3,5,9H,2,4,6-7,11H2,1H3/t9-/m0/s1. The number of rotatable bonds is 2. The van der Waals surface area contributed by atoms with Crippen molar-refractivity contribution in [2.75, 3.05) is 13.1 Å². The summed E-state index contributed by atoms with van der Waals surface area (Å²) >= 11 is 1.86. The molecule has 0 spiro atoms. The van der Waals surface area contributed by atoms with Gasteiger partial charge in [0.15, 0.2) is 0 Å². The molecule has 1 atom stereocenters. The van der Waals surface area contributed by atoms with E-state index in [9.17, 15) is 0 Å². The summed E-state index contributed by atoms with van der Waals surface area (Å²) in [6.07, 6.45) is 1.16. The first-order valence-electron chi connectivity index (χ1n) is 4.76. The van der Waals surface area contributed by atoms with Crippen molar-refractivity contribution < 1.29 is 0 Å². The fraction of sp³-hybridized carbons (Fsp3) is 0.600. The second-order valence-electron chi connectivity index (χ2n) is 3.81. The lowest BCUT2D eigenvalue weighted by Gasteiger charge is -2.14. The Balaban J connectivity index is 1.95. The molecule has 2 heterocycles. The molecule has 0 radical (unpaired) electrons. The van der Waals surface area contributed by atoms with Gasteiger partial charge in [-0.1, -0.05) is 0 Å². The number of nitrogens with two attached hydrogens (primary N) is 1. The molecular weight excluding hydrogens is 180 g/mol. The second-order valence-corrected chi connectivity index (χ2v) is 4.81. The van der Waals surface area contributed by atoms with Crippen molar-refractivity contribution in [3.05, 3.63) is 21.9 Å². The average molecular weight is 196 g/mol. The molecule has 1 saturated heterocycles. The predicted octanol–water partition coefficient (Wildman–Crippen LogP) is 1.59. The fourth-order valence-corrected chi connectivity index (χ4v) is 2.72. The molecule has 3 heteroatoms. The third-order valence-corrected chi connectivity index (χ3v) is 3.65. The largest absolute Gasteiger partial charge is 0.326 e. The number of aryl methyl sites for hydroxylation is 1. The zero-order valence-corrected chi connectivity index (χ0v) is 8.81. The smallest absolute Gasteiger partial charge is 0.0331 e. The lowest BCUT2D eigenvalue weighted by atomic mass is 10.3. The lowest BCUT2D eigenvalue weighted by Crippen LogP contribution is -2.26. The van der Waals surface area contributed by atoms with E-state index < -0.39 is 0 Å². The van der Waals surface area contributed by atoms with Crippen LogP contribution in [0.25, 0.3) is 0 Å². The number of hydrogen-bond donors (Lipinski definition) is 1. The molecule has 0 unspecified atom stereocenters. The van der Waals surface area contributed by atoms with Gasteiger partial charge in [-0.2, -0.15) is 0 Å². The molecule has 13 heavy (non-hydrogen) atoms. The molecule has 0 aliphatic carbocycles. The topological polar surface area (TPSA) is 29.3 Å². The van der Waals surface area contributed by atoms with Crippen molar-refractivity contribution in [1.29, 1.82) is 0 Å². The zero-order valence-electron chi connectivity index (χ0n) is 7.99. The Kier molecular flexibility index (Phi) is 2.67. The SMILES string of the molecule is Cc1ccsc1CN1CC[C@H](N)C1. The molecule has 0 amide bonds. The van der Waals surface area contributed by atoms with Crippen LogP contribution in [0.3, 0.4) is 0 Å². The predicted molar refractivity (Wildman–Crippen MR) is 56.9 cm³/mol. The summed E-state index contributed by atoms with van der Waals surface area (Å²) in [6, 6.07) is 2.59. The van der Waals surface area contributed by atoms with Gasteiger partial charge < -0.3 is 5.73 Å². The highest BCUT2D eigenvalue weighted by Gasteiger charge is 2.19. The van der Waals surface area contributed by atoms with Crippen molar-refractivity contribution in [3.63, 3.8) is 0 Å². The van der Waals surface area contributed by atoms with Crippen LogP contribution in [0.1, 0.15) is 16.9 Å². The Morgan fingerprint density at radius 2 is 2.54 bits per heavy atom. The molecule has 0 saturated carbocycles. The molecule has 0 bridgehead atoms. The lowest BCUT2D eigenvalue weighted by molar-refractivity contribution is 0.329. The van der Waals surface area contributed by atoms with E-state index in [1.165, 1.54) is 17.0 Å². The van der Waals surface area contributed by atoms with Gasteiger partial charge in [0.25, 0.3) is 0 Å². The molecule has 1 aliphatic rings. The van der Waals surface area contributed by atoms with Gasteiger partial charge in [0.05, 0.1) is 0 Å².